The molecule has 0 aliphatic carbocycles. The zero-order chi connectivity index (χ0) is 34.4. The number of rotatable bonds is 9. The van der Waals surface area contributed by atoms with Crippen LogP contribution in [0.25, 0.3) is 0 Å². The molecule has 2 aromatic rings. The van der Waals surface area contributed by atoms with Crippen molar-refractivity contribution in [2.45, 2.75) is 69.8 Å². The van der Waals surface area contributed by atoms with Crippen LogP contribution in [-0.2, 0) is 32.1 Å². The first kappa shape index (κ1) is 37.4. The number of amides is 3. The highest BCUT2D eigenvalue weighted by Crippen LogP contribution is 2.37. The van der Waals surface area contributed by atoms with E-state index in [9.17, 15) is 36.0 Å². The number of alkyl halides is 3. The highest BCUT2D eigenvalue weighted by molar-refractivity contribution is 9.10. The number of aliphatic imine (C=N–C) groups is 1. The van der Waals surface area contributed by atoms with Gasteiger partial charge in [-0.05, 0) is 76.1 Å². The summed E-state index contributed by atoms with van der Waals surface area (Å²) in [6, 6.07) is 5.53. The van der Waals surface area contributed by atoms with Crippen LogP contribution in [0.15, 0.2) is 44.7 Å². The van der Waals surface area contributed by atoms with Gasteiger partial charge >= 0.3 is 12.3 Å². The number of piperidine rings is 1. The van der Waals surface area contributed by atoms with Crippen molar-refractivity contribution in [1.82, 2.24) is 15.5 Å². The smallest absolute Gasteiger partial charge is 0.416 e. The lowest BCUT2D eigenvalue weighted by Gasteiger charge is -2.34. The first-order chi connectivity index (χ1) is 21.3. The summed E-state index contributed by atoms with van der Waals surface area (Å²) >= 11 is 9.19. The van der Waals surface area contributed by atoms with Gasteiger partial charge in [-0.1, -0.05) is 34.5 Å². The Kier molecular flexibility index (Phi) is 12.4. The zero-order valence-electron chi connectivity index (χ0n) is 25.6. The van der Waals surface area contributed by atoms with Crippen molar-refractivity contribution in [3.05, 3.63) is 62.1 Å². The van der Waals surface area contributed by atoms with Gasteiger partial charge in [0, 0.05) is 46.0 Å². The Labute approximate surface area is 279 Å². The number of hydrogen-bond acceptors (Lipinski definition) is 7. The van der Waals surface area contributed by atoms with Crippen LogP contribution in [0.5, 0.6) is 0 Å². The van der Waals surface area contributed by atoms with Gasteiger partial charge in [0.15, 0.2) is 9.84 Å². The Morgan fingerprint density at radius 2 is 1.87 bits per heavy atom. The van der Waals surface area contributed by atoms with E-state index in [-0.39, 0.29) is 62.5 Å². The van der Waals surface area contributed by atoms with Crippen LogP contribution in [0.4, 0.5) is 18.0 Å². The Hall–Kier alpha value is -3.01. The number of ether oxygens (including phenoxy) is 1. The third-order valence-corrected chi connectivity index (χ3v) is 9.54. The Bertz CT molecular complexity index is 1610. The van der Waals surface area contributed by atoms with Crippen molar-refractivity contribution in [3.63, 3.8) is 0 Å². The molecule has 1 aliphatic heterocycles. The summed E-state index contributed by atoms with van der Waals surface area (Å²) in [4.78, 5) is 42.5. The number of halogens is 5. The summed E-state index contributed by atoms with van der Waals surface area (Å²) in [5, 5.41) is 5.35. The van der Waals surface area contributed by atoms with Gasteiger partial charge in [-0.25, -0.2) is 18.2 Å². The van der Waals surface area contributed by atoms with Crippen molar-refractivity contribution in [3.8, 4) is 0 Å². The normalized spacial score (nSPS) is 16.3. The first-order valence-electron chi connectivity index (χ1n) is 14.3. The molecule has 1 heterocycles. The summed E-state index contributed by atoms with van der Waals surface area (Å²) in [5.41, 5.74) is -2.19. The van der Waals surface area contributed by atoms with Gasteiger partial charge in [-0.3, -0.25) is 14.5 Å². The predicted octanol–water partition coefficient (Wildman–Crippen LogP) is 5.78. The average Bonchev–Trinajstić information content (AvgIpc) is 2.94. The number of nitrogens with one attached hydrogen (secondary N) is 2. The van der Waals surface area contributed by atoms with Gasteiger partial charge in [-0.15, -0.1) is 0 Å². The molecule has 2 aromatic carbocycles. The SMILES string of the molecule is CCS(=O)(=O)c1ccc(Cl)cc1C=NC(=O)c1cc(Br)c(CN2CCC[C@H](NC(=O)CNC(=O)OC(C)(C)C)C2)c(C(F)(F)F)c1. The number of carbonyl (C=O) groups is 3. The second kappa shape index (κ2) is 15.3. The largest absolute Gasteiger partial charge is 0.444 e. The molecule has 2 N–H and O–H groups in total. The third-order valence-electron chi connectivity index (χ3n) is 6.80. The molecule has 0 unspecified atom stereocenters. The molecule has 0 aromatic heterocycles. The molecule has 1 saturated heterocycles. The topological polar surface area (TPSA) is 134 Å². The Morgan fingerprint density at radius 1 is 1.17 bits per heavy atom. The number of sulfone groups is 1. The molecule has 3 rings (SSSR count). The first-order valence-corrected chi connectivity index (χ1v) is 17.1. The van der Waals surface area contributed by atoms with E-state index in [2.05, 4.69) is 31.6 Å². The van der Waals surface area contributed by atoms with Crippen LogP contribution < -0.4 is 10.6 Å². The lowest BCUT2D eigenvalue weighted by molar-refractivity contribution is -0.138. The molecule has 1 atom stereocenters. The molecule has 3 amide bonds. The Morgan fingerprint density at radius 3 is 2.50 bits per heavy atom. The van der Waals surface area contributed by atoms with Crippen LogP contribution in [0.3, 0.4) is 0 Å². The fraction of sp³-hybridized carbons (Fsp3) is 0.467. The van der Waals surface area contributed by atoms with E-state index < -0.39 is 45.1 Å². The van der Waals surface area contributed by atoms with Gasteiger partial charge in [0.2, 0.25) is 5.91 Å². The van der Waals surface area contributed by atoms with Gasteiger partial charge in [0.25, 0.3) is 5.91 Å². The van der Waals surface area contributed by atoms with Crippen LogP contribution >= 0.6 is 27.5 Å². The molecule has 0 spiro atoms. The molecule has 0 radical (unpaired) electrons. The lowest BCUT2D eigenvalue weighted by atomic mass is 10.00. The lowest BCUT2D eigenvalue weighted by Crippen LogP contribution is -2.50. The number of carbonyl (C=O) groups excluding carboxylic acids is 3. The maximum Gasteiger partial charge on any atom is 0.416 e. The van der Waals surface area contributed by atoms with E-state index >= 15 is 0 Å². The summed E-state index contributed by atoms with van der Waals surface area (Å²) in [5.74, 6) is -1.70. The van der Waals surface area contributed by atoms with Crippen molar-refractivity contribution < 1.29 is 40.7 Å². The van der Waals surface area contributed by atoms with Gasteiger partial charge in [0.1, 0.15) is 12.1 Å². The standard InChI is InChI=1S/C30H35BrClF3N4O6S/c1-5-46(43,44)25-9-8-20(32)11-19(25)14-36-27(41)18-12-23(30(33,34)35)22(24(31)13-18)17-39-10-6-7-21(16-39)38-26(40)15-37-28(42)45-29(2,3)4/h8-9,11-14,21H,5-7,10,15-17H2,1-4H3,(H,37,42)(H,38,40)/t21-/m0/s1. The molecule has 10 nitrogen and oxygen atoms in total. The van der Waals surface area contributed by atoms with Crippen LogP contribution in [0, 0.1) is 0 Å². The van der Waals surface area contributed by atoms with Crippen molar-refractivity contribution in [2.24, 2.45) is 4.99 Å². The summed E-state index contributed by atoms with van der Waals surface area (Å²) < 4.78 is 72.9. The molecule has 46 heavy (non-hydrogen) atoms. The van der Waals surface area contributed by atoms with Crippen LogP contribution in [0.1, 0.15) is 67.6 Å². The number of likely N-dealkylation sites (tertiary alicyclic amines) is 1. The zero-order valence-corrected chi connectivity index (χ0v) is 28.8. The maximum atomic E-state index is 14.3. The molecular formula is C30H35BrClF3N4O6S. The monoisotopic (exact) mass is 750 g/mol. The average molecular weight is 752 g/mol. The van der Waals surface area contributed by atoms with E-state index in [0.717, 1.165) is 6.21 Å². The fourth-order valence-corrected chi connectivity index (χ4v) is 6.54. The molecule has 0 bridgehead atoms. The van der Waals surface area contributed by atoms with E-state index in [1.54, 1.807) is 25.7 Å². The van der Waals surface area contributed by atoms with E-state index in [1.165, 1.54) is 31.2 Å². The van der Waals surface area contributed by atoms with Crippen molar-refractivity contribution in [1.29, 1.82) is 0 Å². The minimum Gasteiger partial charge on any atom is -0.444 e. The molecule has 1 aliphatic rings. The number of nitrogens with zero attached hydrogens (tertiary/aromatic N) is 2. The predicted molar refractivity (Wildman–Crippen MR) is 171 cm³/mol. The molecule has 252 valence electrons. The van der Waals surface area contributed by atoms with Gasteiger partial charge < -0.3 is 15.4 Å². The van der Waals surface area contributed by atoms with Crippen molar-refractivity contribution in [2.75, 3.05) is 25.4 Å². The second-order valence-electron chi connectivity index (χ2n) is 11.6. The number of benzene rings is 2. The highest BCUT2D eigenvalue weighted by Gasteiger charge is 2.36. The van der Waals surface area contributed by atoms with Gasteiger partial charge in [-0.2, -0.15) is 13.2 Å². The minimum absolute atomic E-state index is 0.0294. The van der Waals surface area contributed by atoms with E-state index in [1.807, 2.05) is 0 Å². The fourth-order valence-electron chi connectivity index (χ4n) is 4.72. The molecular weight excluding hydrogens is 717 g/mol. The summed E-state index contributed by atoms with van der Waals surface area (Å²) in [6.07, 6.45) is -3.39. The molecule has 1 fully saturated rings. The third kappa shape index (κ3) is 10.8. The molecule has 0 saturated carbocycles. The Balaban J connectivity index is 1.76. The maximum absolute atomic E-state index is 14.3. The summed E-state index contributed by atoms with van der Waals surface area (Å²) in [7, 11) is -3.70. The summed E-state index contributed by atoms with van der Waals surface area (Å²) in [6.45, 7) is 6.79. The van der Waals surface area contributed by atoms with Crippen molar-refractivity contribution >= 4 is 61.5 Å². The van der Waals surface area contributed by atoms with Crippen LogP contribution in [-0.4, -0.2) is 74.5 Å². The number of alkyl carbamates (subject to hydrolysis) is 1. The minimum atomic E-state index is -4.82. The molecule has 16 heteroatoms. The highest BCUT2D eigenvalue weighted by atomic mass is 79.9. The van der Waals surface area contributed by atoms with Crippen LogP contribution in [0.2, 0.25) is 5.02 Å². The van der Waals surface area contributed by atoms with E-state index in [4.69, 9.17) is 16.3 Å². The second-order valence-corrected chi connectivity index (χ2v) is 15.2. The quantitative estimate of drug-likeness (QED) is 0.311. The van der Waals surface area contributed by atoms with Gasteiger partial charge in [0.05, 0.1) is 16.2 Å². The van der Waals surface area contributed by atoms with E-state index in [0.29, 0.717) is 25.5 Å². The number of hydrogen-bond donors (Lipinski definition) is 2.